The summed E-state index contributed by atoms with van der Waals surface area (Å²) < 4.78 is 35.1. The molecule has 0 aromatic rings. The van der Waals surface area contributed by atoms with Crippen LogP contribution in [0.4, 0.5) is 13.2 Å². The maximum atomic E-state index is 12.6. The van der Waals surface area contributed by atoms with Crippen LogP contribution in [0, 0.1) is 0 Å². The first-order chi connectivity index (χ1) is 5.54. The number of hydrogen-bond acceptors (Lipinski definition) is 0. The minimum Gasteiger partial charge on any atom is -0.203 e. The van der Waals surface area contributed by atoms with Crippen molar-refractivity contribution in [2.45, 2.75) is 15.0 Å². The van der Waals surface area contributed by atoms with Crippen LogP contribution in [-0.4, -0.2) is 8.62 Å². The lowest BCUT2D eigenvalue weighted by molar-refractivity contribution is 0.126. The third kappa shape index (κ3) is 6.28. The van der Waals surface area contributed by atoms with E-state index in [0.29, 0.717) is 0 Å². The molecule has 0 rings (SSSR count). The number of alkyl halides is 6. The molecule has 0 aromatic heterocycles. The minimum atomic E-state index is -3.83. The Hall–Kier alpha value is 1.17. The molecule has 78 valence electrons. The minimum absolute atomic E-state index is 0.619. The lowest BCUT2D eigenvalue weighted by Crippen LogP contribution is -2.10. The second-order valence-corrected chi connectivity index (χ2v) is 5.98. The van der Waals surface area contributed by atoms with Crippen molar-refractivity contribution in [1.29, 1.82) is 0 Å². The van der Waals surface area contributed by atoms with Gasteiger partial charge in [-0.05, 0) is 15.9 Å². The zero-order valence-electron chi connectivity index (χ0n) is 5.73. The van der Waals surface area contributed by atoms with Crippen LogP contribution in [0.3, 0.4) is 0 Å². The largest absolute Gasteiger partial charge is 0.353 e. The monoisotopic (exact) mass is 338 g/mol. The summed E-state index contributed by atoms with van der Waals surface area (Å²) in [4.78, 5) is -3.83. The fourth-order valence-electron chi connectivity index (χ4n) is 0.407. The molecular formula is C5H2BrCl4F3. The summed E-state index contributed by atoms with van der Waals surface area (Å²) in [6.07, 6.45) is -0.619. The van der Waals surface area contributed by atoms with Gasteiger partial charge in [0.05, 0.1) is 5.03 Å². The van der Waals surface area contributed by atoms with Crippen molar-refractivity contribution in [3.05, 3.63) is 10.9 Å². The number of rotatable bonds is 2. The second-order valence-electron chi connectivity index (χ2n) is 2.01. The Bertz CT molecular complexity index is 217. The van der Waals surface area contributed by atoms with Gasteiger partial charge in [-0.2, -0.15) is 8.78 Å². The molecule has 0 aliphatic carbocycles. The van der Waals surface area contributed by atoms with E-state index in [2.05, 4.69) is 0 Å². The van der Waals surface area contributed by atoms with Crippen molar-refractivity contribution in [3.63, 3.8) is 0 Å². The maximum Gasteiger partial charge on any atom is 0.353 e. The molecule has 8 heteroatoms. The van der Waals surface area contributed by atoms with Crippen LogP contribution in [-0.2, 0) is 0 Å². The molecule has 0 fully saturated rings. The molecule has 0 saturated heterocycles. The van der Waals surface area contributed by atoms with Crippen molar-refractivity contribution in [1.82, 2.24) is 0 Å². The SMILES string of the molecule is F/C(=C(/Cl)CC(Cl)(Cl)Cl)C(F)(F)Br. The zero-order chi connectivity index (χ0) is 10.9. The molecule has 0 spiro atoms. The van der Waals surface area contributed by atoms with E-state index < -0.39 is 25.9 Å². The highest BCUT2D eigenvalue weighted by atomic mass is 79.9. The van der Waals surface area contributed by atoms with Gasteiger partial charge in [-0.3, -0.25) is 0 Å². The fraction of sp³-hybridized carbons (Fsp3) is 0.600. The first-order valence-corrected chi connectivity index (χ1v) is 5.02. The number of allylic oxidation sites excluding steroid dienone is 2. The van der Waals surface area contributed by atoms with Gasteiger partial charge in [0.25, 0.3) is 0 Å². The Labute approximate surface area is 101 Å². The van der Waals surface area contributed by atoms with Gasteiger partial charge in [0.2, 0.25) is 0 Å². The molecule has 0 aliphatic rings. The van der Waals surface area contributed by atoms with Gasteiger partial charge in [-0.1, -0.05) is 46.4 Å². The number of hydrogen-bond donors (Lipinski definition) is 0. The van der Waals surface area contributed by atoms with Crippen molar-refractivity contribution < 1.29 is 13.2 Å². The normalized spacial score (nSPS) is 15.7. The first-order valence-electron chi connectivity index (χ1n) is 2.72. The maximum absolute atomic E-state index is 12.6. The summed E-state index contributed by atoms with van der Waals surface area (Å²) in [5.74, 6) is -1.86. The molecule has 0 amide bonds. The zero-order valence-corrected chi connectivity index (χ0v) is 10.3. The molecule has 0 heterocycles. The number of halogens is 8. The molecule has 0 saturated carbocycles. The third-order valence-electron chi connectivity index (χ3n) is 0.843. The average Bonchev–Trinajstić information content (AvgIpc) is 1.79. The van der Waals surface area contributed by atoms with Crippen LogP contribution >= 0.6 is 62.3 Å². The highest BCUT2D eigenvalue weighted by Crippen LogP contribution is 2.41. The predicted octanol–water partition coefficient (Wildman–Crippen LogP) is 5.15. The van der Waals surface area contributed by atoms with Crippen molar-refractivity contribution >= 4 is 62.3 Å². The van der Waals surface area contributed by atoms with Crippen LogP contribution in [0.15, 0.2) is 10.9 Å². The lowest BCUT2D eigenvalue weighted by atomic mass is 10.4. The van der Waals surface area contributed by atoms with Gasteiger partial charge >= 0.3 is 4.83 Å². The van der Waals surface area contributed by atoms with Gasteiger partial charge in [0.15, 0.2) is 9.62 Å². The van der Waals surface area contributed by atoms with Gasteiger partial charge in [-0.15, -0.1) is 0 Å². The summed E-state index contributed by atoms with van der Waals surface area (Å²) in [6.45, 7) is 0. The summed E-state index contributed by atoms with van der Waals surface area (Å²) in [5, 5.41) is -0.832. The lowest BCUT2D eigenvalue weighted by Gasteiger charge is -2.12. The molecule has 0 aliphatic heterocycles. The van der Waals surface area contributed by atoms with Gasteiger partial charge in [0, 0.05) is 6.42 Å². The van der Waals surface area contributed by atoms with Crippen LogP contribution in [0.2, 0.25) is 0 Å². The summed E-state index contributed by atoms with van der Waals surface area (Å²) in [5.41, 5.74) is 0. The van der Waals surface area contributed by atoms with Crippen LogP contribution < -0.4 is 0 Å². The standard InChI is InChI=1S/C5H2BrCl4F3/c6-5(12,13)3(11)2(7)1-4(8,9)10/h1H2/b3-2+. The predicted molar refractivity (Wildman–Crippen MR) is 52.8 cm³/mol. The second kappa shape index (κ2) is 4.79. The Balaban J connectivity index is 4.65. The molecule has 0 aromatic carbocycles. The van der Waals surface area contributed by atoms with Crippen LogP contribution in [0.25, 0.3) is 0 Å². The van der Waals surface area contributed by atoms with E-state index in [1.165, 1.54) is 0 Å². The molecule has 0 radical (unpaired) electrons. The molecule has 0 bridgehead atoms. The average molecular weight is 341 g/mol. The molecule has 0 nitrogen and oxygen atoms in total. The van der Waals surface area contributed by atoms with Gasteiger partial charge in [0.1, 0.15) is 0 Å². The smallest absolute Gasteiger partial charge is 0.203 e. The Morgan fingerprint density at radius 3 is 1.85 bits per heavy atom. The van der Waals surface area contributed by atoms with Crippen molar-refractivity contribution in [3.8, 4) is 0 Å². The Morgan fingerprint density at radius 2 is 1.62 bits per heavy atom. The van der Waals surface area contributed by atoms with E-state index in [1.54, 1.807) is 15.9 Å². The highest BCUT2D eigenvalue weighted by molar-refractivity contribution is 9.10. The van der Waals surface area contributed by atoms with E-state index in [4.69, 9.17) is 46.4 Å². The van der Waals surface area contributed by atoms with E-state index in [0.717, 1.165) is 0 Å². The topological polar surface area (TPSA) is 0 Å². The molecule has 0 N–H and O–H groups in total. The van der Waals surface area contributed by atoms with Crippen LogP contribution in [0.5, 0.6) is 0 Å². The summed E-state index contributed by atoms with van der Waals surface area (Å²) in [7, 11) is 0. The molecule has 0 unspecified atom stereocenters. The van der Waals surface area contributed by atoms with Gasteiger partial charge in [-0.25, -0.2) is 4.39 Å². The quantitative estimate of drug-likeness (QED) is 0.609. The van der Waals surface area contributed by atoms with E-state index >= 15 is 0 Å². The van der Waals surface area contributed by atoms with Crippen molar-refractivity contribution in [2.75, 3.05) is 0 Å². The first kappa shape index (κ1) is 14.2. The Kier molecular flexibility index (Phi) is 5.23. The molecule has 13 heavy (non-hydrogen) atoms. The van der Waals surface area contributed by atoms with E-state index in [-0.39, 0.29) is 0 Å². The summed E-state index contributed by atoms with van der Waals surface area (Å²) in [6, 6.07) is 0. The third-order valence-corrected chi connectivity index (χ3v) is 1.89. The molecule has 0 atom stereocenters. The van der Waals surface area contributed by atoms with Crippen molar-refractivity contribution in [2.24, 2.45) is 0 Å². The molecular weight excluding hydrogens is 339 g/mol. The Morgan fingerprint density at radius 1 is 1.23 bits per heavy atom. The van der Waals surface area contributed by atoms with E-state index in [1.807, 2.05) is 0 Å². The fourth-order valence-corrected chi connectivity index (χ4v) is 1.69. The van der Waals surface area contributed by atoms with Gasteiger partial charge < -0.3 is 0 Å². The highest BCUT2D eigenvalue weighted by Gasteiger charge is 2.35. The van der Waals surface area contributed by atoms with Crippen LogP contribution in [0.1, 0.15) is 6.42 Å². The summed E-state index contributed by atoms with van der Waals surface area (Å²) >= 11 is 22.5. The van der Waals surface area contributed by atoms with E-state index in [9.17, 15) is 13.2 Å².